The number of piperidine rings is 1. The van der Waals surface area contributed by atoms with E-state index in [1.165, 1.54) is 18.2 Å². The average Bonchev–Trinajstić information content (AvgIpc) is 2.71. The molecule has 1 aromatic rings. The standard InChI is InChI=1S/C13H10N2O6/c16-10-4-3-9(11(17)14-10)15-12(18)7-2-1-6(21-20)5-8(7)13(15)19/h1-2,5,9,20H,3-4H2,(H,14,16,17). The van der Waals surface area contributed by atoms with Gasteiger partial charge in [0.05, 0.1) is 11.1 Å². The van der Waals surface area contributed by atoms with Gasteiger partial charge < -0.3 is 4.89 Å². The van der Waals surface area contributed by atoms with Crippen LogP contribution in [0.4, 0.5) is 0 Å². The van der Waals surface area contributed by atoms with Crippen LogP contribution in [0.25, 0.3) is 0 Å². The lowest BCUT2D eigenvalue weighted by atomic mass is 10.0. The third-order valence-corrected chi connectivity index (χ3v) is 3.52. The summed E-state index contributed by atoms with van der Waals surface area (Å²) in [5, 5.41) is 10.7. The first-order chi connectivity index (χ1) is 10.0. The number of fused-ring (bicyclic) bond motifs is 1. The van der Waals surface area contributed by atoms with Gasteiger partial charge in [0, 0.05) is 6.42 Å². The summed E-state index contributed by atoms with van der Waals surface area (Å²) in [5.41, 5.74) is 0.182. The Kier molecular flexibility index (Phi) is 2.95. The second-order valence-electron chi connectivity index (χ2n) is 4.75. The number of hydrogen-bond acceptors (Lipinski definition) is 6. The smallest absolute Gasteiger partial charge is 0.262 e. The van der Waals surface area contributed by atoms with Gasteiger partial charge in [-0.2, -0.15) is 0 Å². The van der Waals surface area contributed by atoms with Crippen LogP contribution >= 0.6 is 0 Å². The Labute approximate surface area is 118 Å². The molecule has 0 aliphatic carbocycles. The van der Waals surface area contributed by atoms with E-state index in [0.717, 1.165) is 4.90 Å². The highest BCUT2D eigenvalue weighted by molar-refractivity contribution is 6.23. The Morgan fingerprint density at radius 2 is 1.86 bits per heavy atom. The van der Waals surface area contributed by atoms with Crippen LogP contribution in [0.5, 0.6) is 5.75 Å². The van der Waals surface area contributed by atoms with Gasteiger partial charge in [-0.3, -0.25) is 29.4 Å². The second-order valence-corrected chi connectivity index (χ2v) is 4.75. The van der Waals surface area contributed by atoms with Crippen molar-refractivity contribution in [2.24, 2.45) is 0 Å². The molecular weight excluding hydrogens is 280 g/mol. The molecule has 4 amide bonds. The SMILES string of the molecule is O=C1CCC(N2C(=O)c3ccc(OO)cc3C2=O)C(=O)N1. The van der Waals surface area contributed by atoms with Gasteiger partial charge in [0.15, 0.2) is 5.75 Å². The molecule has 21 heavy (non-hydrogen) atoms. The first-order valence-electron chi connectivity index (χ1n) is 6.20. The van der Waals surface area contributed by atoms with Crippen LogP contribution in [-0.2, 0) is 9.59 Å². The van der Waals surface area contributed by atoms with Crippen molar-refractivity contribution in [2.45, 2.75) is 18.9 Å². The van der Waals surface area contributed by atoms with E-state index in [9.17, 15) is 19.2 Å². The van der Waals surface area contributed by atoms with E-state index in [0.29, 0.717) is 0 Å². The Morgan fingerprint density at radius 1 is 1.14 bits per heavy atom. The van der Waals surface area contributed by atoms with Crippen molar-refractivity contribution in [1.29, 1.82) is 0 Å². The summed E-state index contributed by atoms with van der Waals surface area (Å²) in [5.74, 6) is -2.33. The number of nitrogens with zero attached hydrogens (tertiary/aromatic N) is 1. The highest BCUT2D eigenvalue weighted by atomic mass is 17.1. The van der Waals surface area contributed by atoms with E-state index < -0.39 is 29.7 Å². The predicted molar refractivity (Wildman–Crippen MR) is 66.4 cm³/mol. The lowest BCUT2D eigenvalue weighted by Crippen LogP contribution is -2.54. The molecule has 0 spiro atoms. The summed E-state index contributed by atoms with van der Waals surface area (Å²) >= 11 is 0. The van der Waals surface area contributed by atoms with Crippen LogP contribution < -0.4 is 10.2 Å². The number of amides is 4. The zero-order valence-electron chi connectivity index (χ0n) is 10.7. The zero-order chi connectivity index (χ0) is 15.1. The third-order valence-electron chi connectivity index (χ3n) is 3.52. The topological polar surface area (TPSA) is 113 Å². The lowest BCUT2D eigenvalue weighted by Gasteiger charge is -2.27. The normalized spacial score (nSPS) is 21.4. The molecule has 2 N–H and O–H groups in total. The quantitative estimate of drug-likeness (QED) is 0.448. The van der Waals surface area contributed by atoms with Gasteiger partial charge >= 0.3 is 0 Å². The predicted octanol–water partition coefficient (Wildman–Crippen LogP) is -0.0604. The molecule has 8 heteroatoms. The van der Waals surface area contributed by atoms with Gasteiger partial charge in [-0.25, -0.2) is 5.26 Å². The van der Waals surface area contributed by atoms with Gasteiger partial charge in [-0.05, 0) is 24.6 Å². The second kappa shape index (κ2) is 4.67. The maximum atomic E-state index is 12.3. The summed E-state index contributed by atoms with van der Waals surface area (Å²) in [7, 11) is 0. The maximum absolute atomic E-state index is 12.3. The fourth-order valence-corrected chi connectivity index (χ4v) is 2.51. The highest BCUT2D eigenvalue weighted by Gasteiger charge is 2.44. The van der Waals surface area contributed by atoms with Crippen LogP contribution in [0.1, 0.15) is 33.6 Å². The monoisotopic (exact) mass is 290 g/mol. The van der Waals surface area contributed by atoms with Crippen molar-refractivity contribution >= 4 is 23.6 Å². The van der Waals surface area contributed by atoms with Crippen LogP contribution in [0.3, 0.4) is 0 Å². The van der Waals surface area contributed by atoms with Crippen molar-refractivity contribution in [1.82, 2.24) is 10.2 Å². The van der Waals surface area contributed by atoms with Gasteiger partial charge in [0.1, 0.15) is 6.04 Å². The van der Waals surface area contributed by atoms with Crippen LogP contribution in [0.15, 0.2) is 18.2 Å². The first-order valence-corrected chi connectivity index (χ1v) is 6.20. The third kappa shape index (κ3) is 1.96. The molecular formula is C13H10N2O6. The van der Waals surface area contributed by atoms with Gasteiger partial charge in [-0.15, -0.1) is 0 Å². The van der Waals surface area contributed by atoms with E-state index in [4.69, 9.17) is 5.26 Å². The Hall–Kier alpha value is -2.74. The summed E-state index contributed by atoms with van der Waals surface area (Å²) in [6.45, 7) is 0. The van der Waals surface area contributed by atoms with Gasteiger partial charge in [0.2, 0.25) is 11.8 Å². The van der Waals surface area contributed by atoms with Crippen LogP contribution in [0, 0.1) is 0 Å². The highest BCUT2D eigenvalue weighted by Crippen LogP contribution is 2.29. The van der Waals surface area contributed by atoms with Crippen molar-refractivity contribution < 1.29 is 29.3 Å². The molecule has 0 radical (unpaired) electrons. The number of carbonyl (C=O) groups is 4. The first kappa shape index (κ1) is 13.3. The van der Waals surface area contributed by atoms with E-state index in [-0.39, 0.29) is 29.7 Å². The molecule has 1 unspecified atom stereocenters. The molecule has 1 atom stereocenters. The van der Waals surface area contributed by atoms with Gasteiger partial charge in [-0.1, -0.05) is 0 Å². The molecule has 1 fully saturated rings. The lowest BCUT2D eigenvalue weighted by molar-refractivity contribution is -0.137. The van der Waals surface area contributed by atoms with Gasteiger partial charge in [0.25, 0.3) is 11.8 Å². The summed E-state index contributed by atoms with van der Waals surface area (Å²) < 4.78 is 0. The van der Waals surface area contributed by atoms with Crippen molar-refractivity contribution in [3.63, 3.8) is 0 Å². The molecule has 2 aliphatic rings. The van der Waals surface area contributed by atoms with E-state index in [1.807, 2.05) is 0 Å². The van der Waals surface area contributed by atoms with Crippen molar-refractivity contribution in [3.05, 3.63) is 29.3 Å². The maximum Gasteiger partial charge on any atom is 0.262 e. The molecule has 0 bridgehead atoms. The Bertz CT molecular complexity index is 683. The minimum atomic E-state index is -1.01. The van der Waals surface area contributed by atoms with E-state index >= 15 is 0 Å². The van der Waals surface area contributed by atoms with Crippen molar-refractivity contribution in [2.75, 3.05) is 0 Å². The Morgan fingerprint density at radius 3 is 2.52 bits per heavy atom. The number of imide groups is 2. The number of nitrogens with one attached hydrogen (secondary N) is 1. The number of rotatable bonds is 2. The fraction of sp³-hybridized carbons (Fsp3) is 0.231. The molecule has 0 saturated carbocycles. The van der Waals surface area contributed by atoms with Crippen LogP contribution in [0.2, 0.25) is 0 Å². The molecule has 8 nitrogen and oxygen atoms in total. The van der Waals surface area contributed by atoms with E-state index in [2.05, 4.69) is 10.2 Å². The molecule has 2 aliphatic heterocycles. The van der Waals surface area contributed by atoms with Crippen molar-refractivity contribution in [3.8, 4) is 5.75 Å². The fourth-order valence-electron chi connectivity index (χ4n) is 2.51. The number of hydrogen-bond donors (Lipinski definition) is 2. The molecule has 2 heterocycles. The molecule has 108 valence electrons. The zero-order valence-corrected chi connectivity index (χ0v) is 10.7. The molecule has 3 rings (SSSR count). The van der Waals surface area contributed by atoms with E-state index in [1.54, 1.807) is 0 Å². The Balaban J connectivity index is 1.96. The molecule has 0 aromatic heterocycles. The largest absolute Gasteiger partial charge is 0.340 e. The summed E-state index contributed by atoms with van der Waals surface area (Å²) in [6, 6.07) is 2.89. The minimum absolute atomic E-state index is 0.0139. The molecule has 1 saturated heterocycles. The average molecular weight is 290 g/mol. The summed E-state index contributed by atoms with van der Waals surface area (Å²) in [4.78, 5) is 52.4. The summed E-state index contributed by atoms with van der Waals surface area (Å²) in [6.07, 6.45) is 0.161. The number of benzene rings is 1. The minimum Gasteiger partial charge on any atom is -0.340 e. The van der Waals surface area contributed by atoms with Crippen LogP contribution in [-0.4, -0.2) is 39.8 Å². The molecule has 1 aromatic carbocycles. The number of carbonyl (C=O) groups excluding carboxylic acids is 4.